The fourth-order valence-electron chi connectivity index (χ4n) is 1.96. The summed E-state index contributed by atoms with van der Waals surface area (Å²) in [5.74, 6) is 1.59. The van der Waals surface area contributed by atoms with Crippen molar-refractivity contribution in [1.82, 2.24) is 0 Å². The lowest BCUT2D eigenvalue weighted by Crippen LogP contribution is -2.26. The Morgan fingerprint density at radius 1 is 1.43 bits per heavy atom. The Morgan fingerprint density at radius 2 is 2.21 bits per heavy atom. The van der Waals surface area contributed by atoms with Crippen LogP contribution in [-0.2, 0) is 6.42 Å². The molecule has 1 aliphatic heterocycles. The molecule has 0 bridgehead atoms. The van der Waals surface area contributed by atoms with Crippen LogP contribution in [-0.4, -0.2) is 11.9 Å². The van der Waals surface area contributed by atoms with Gasteiger partial charge in [0.05, 0.1) is 6.04 Å². The highest BCUT2D eigenvalue weighted by Crippen LogP contribution is 2.38. The van der Waals surface area contributed by atoms with Gasteiger partial charge in [-0.1, -0.05) is 0 Å². The molecule has 1 unspecified atom stereocenters. The molecule has 2 N–H and O–H groups in total. The van der Waals surface area contributed by atoms with E-state index in [2.05, 4.69) is 16.4 Å². The van der Waals surface area contributed by atoms with Crippen molar-refractivity contribution in [2.75, 3.05) is 0 Å². The maximum atomic E-state index is 5.90. The molecule has 4 heteroatoms. The van der Waals surface area contributed by atoms with E-state index in [-0.39, 0.29) is 12.4 Å². The van der Waals surface area contributed by atoms with Crippen LogP contribution in [0.5, 0.6) is 0 Å². The predicted molar refractivity (Wildman–Crippen MR) is 62.5 cm³/mol. The quantitative estimate of drug-likeness (QED) is 0.787. The standard InChI is InChI=1S/C10H12N2S.ClH/c11-10-7-3-4-13-9(7)5-8(12-10)6-1-2-6;/h3-4,6,8H,1-2,5H2,(H2,11,12);1H. The van der Waals surface area contributed by atoms with Crippen LogP contribution in [0, 0.1) is 5.92 Å². The third-order valence-corrected chi connectivity index (χ3v) is 3.83. The molecule has 0 saturated heterocycles. The number of aliphatic imine (C=N–C) groups is 1. The molecule has 76 valence electrons. The largest absolute Gasteiger partial charge is 0.383 e. The Hall–Kier alpha value is -0.540. The molecule has 0 spiro atoms. The summed E-state index contributed by atoms with van der Waals surface area (Å²) >= 11 is 1.82. The number of amidine groups is 1. The molecule has 2 nitrogen and oxygen atoms in total. The van der Waals surface area contributed by atoms with Crippen LogP contribution >= 0.6 is 23.7 Å². The van der Waals surface area contributed by atoms with Crippen LogP contribution in [0.2, 0.25) is 0 Å². The topological polar surface area (TPSA) is 38.4 Å². The van der Waals surface area contributed by atoms with E-state index >= 15 is 0 Å². The average Bonchev–Trinajstić information content (AvgIpc) is 2.85. The first-order valence-corrected chi connectivity index (χ1v) is 5.62. The van der Waals surface area contributed by atoms with Gasteiger partial charge in [-0.3, -0.25) is 4.99 Å². The lowest BCUT2D eigenvalue weighted by molar-refractivity contribution is 0.591. The SMILES string of the molecule is Cl.NC1=NC(C2CC2)Cc2sccc21. The van der Waals surface area contributed by atoms with E-state index in [1.165, 1.54) is 23.3 Å². The van der Waals surface area contributed by atoms with Crippen molar-refractivity contribution in [2.45, 2.75) is 25.3 Å². The van der Waals surface area contributed by atoms with Crippen molar-refractivity contribution in [1.29, 1.82) is 0 Å². The zero-order chi connectivity index (χ0) is 8.84. The molecular weight excluding hydrogens is 216 g/mol. The number of hydrogen-bond donors (Lipinski definition) is 1. The predicted octanol–water partition coefficient (Wildman–Crippen LogP) is 2.21. The van der Waals surface area contributed by atoms with Gasteiger partial charge >= 0.3 is 0 Å². The highest BCUT2D eigenvalue weighted by molar-refractivity contribution is 7.10. The summed E-state index contributed by atoms with van der Waals surface area (Å²) < 4.78 is 0. The fraction of sp³-hybridized carbons (Fsp3) is 0.500. The number of thiophene rings is 1. The molecule has 3 rings (SSSR count). The molecule has 0 radical (unpaired) electrons. The lowest BCUT2D eigenvalue weighted by Gasteiger charge is -2.18. The van der Waals surface area contributed by atoms with Gasteiger partial charge in [-0.05, 0) is 30.2 Å². The van der Waals surface area contributed by atoms with Crippen LogP contribution in [0.15, 0.2) is 16.4 Å². The van der Waals surface area contributed by atoms with Crippen molar-refractivity contribution >= 4 is 29.6 Å². The summed E-state index contributed by atoms with van der Waals surface area (Å²) in [5, 5.41) is 2.11. The van der Waals surface area contributed by atoms with E-state index in [0.29, 0.717) is 6.04 Å². The molecule has 14 heavy (non-hydrogen) atoms. The third kappa shape index (κ3) is 1.55. The number of nitrogens with two attached hydrogens (primary N) is 1. The average molecular weight is 229 g/mol. The van der Waals surface area contributed by atoms with E-state index in [1.807, 2.05) is 11.3 Å². The Labute approximate surface area is 93.6 Å². The van der Waals surface area contributed by atoms with Gasteiger partial charge in [0.25, 0.3) is 0 Å². The van der Waals surface area contributed by atoms with E-state index in [4.69, 9.17) is 5.73 Å². The normalized spacial score (nSPS) is 24.9. The first-order valence-electron chi connectivity index (χ1n) is 4.74. The second kappa shape index (κ2) is 3.55. The van der Waals surface area contributed by atoms with Gasteiger partial charge < -0.3 is 5.73 Å². The lowest BCUT2D eigenvalue weighted by atomic mass is 10.0. The van der Waals surface area contributed by atoms with Crippen molar-refractivity contribution in [3.05, 3.63) is 21.9 Å². The highest BCUT2D eigenvalue weighted by Gasteiger charge is 2.34. The Bertz CT molecular complexity index is 368. The molecule has 1 saturated carbocycles. The Morgan fingerprint density at radius 3 is 2.93 bits per heavy atom. The van der Waals surface area contributed by atoms with Crippen molar-refractivity contribution in [3.8, 4) is 0 Å². The molecule has 1 atom stereocenters. The summed E-state index contributed by atoms with van der Waals surface area (Å²) in [7, 11) is 0. The Balaban J connectivity index is 0.000000750. The molecule has 2 heterocycles. The number of fused-ring (bicyclic) bond motifs is 1. The van der Waals surface area contributed by atoms with E-state index in [0.717, 1.165) is 18.2 Å². The molecule has 0 amide bonds. The molecule has 1 aromatic rings. The molecule has 1 aromatic heterocycles. The fourth-order valence-corrected chi connectivity index (χ4v) is 2.90. The van der Waals surface area contributed by atoms with Gasteiger partial charge in [0.2, 0.25) is 0 Å². The maximum Gasteiger partial charge on any atom is 0.127 e. The minimum Gasteiger partial charge on any atom is -0.383 e. The van der Waals surface area contributed by atoms with Crippen LogP contribution in [0.1, 0.15) is 23.3 Å². The van der Waals surface area contributed by atoms with Crippen LogP contribution in [0.25, 0.3) is 0 Å². The first kappa shape index (κ1) is 9.99. The first-order chi connectivity index (χ1) is 6.34. The monoisotopic (exact) mass is 228 g/mol. The second-order valence-electron chi connectivity index (χ2n) is 3.88. The summed E-state index contributed by atoms with van der Waals surface area (Å²) in [6.45, 7) is 0. The summed E-state index contributed by atoms with van der Waals surface area (Å²) in [6, 6.07) is 2.58. The summed E-state index contributed by atoms with van der Waals surface area (Å²) in [6.07, 6.45) is 3.82. The second-order valence-corrected chi connectivity index (χ2v) is 4.88. The smallest absolute Gasteiger partial charge is 0.127 e. The van der Waals surface area contributed by atoms with Crippen LogP contribution in [0.4, 0.5) is 0 Å². The van der Waals surface area contributed by atoms with Gasteiger partial charge in [0, 0.05) is 16.9 Å². The van der Waals surface area contributed by atoms with E-state index in [1.54, 1.807) is 0 Å². The van der Waals surface area contributed by atoms with Gasteiger partial charge in [-0.25, -0.2) is 0 Å². The number of halogens is 1. The highest BCUT2D eigenvalue weighted by atomic mass is 35.5. The van der Waals surface area contributed by atoms with E-state index < -0.39 is 0 Å². The van der Waals surface area contributed by atoms with E-state index in [9.17, 15) is 0 Å². The third-order valence-electron chi connectivity index (χ3n) is 2.89. The number of nitrogens with zero attached hydrogens (tertiary/aromatic N) is 1. The van der Waals surface area contributed by atoms with Crippen molar-refractivity contribution in [3.63, 3.8) is 0 Å². The number of rotatable bonds is 1. The van der Waals surface area contributed by atoms with Gasteiger partial charge in [-0.15, -0.1) is 23.7 Å². The summed E-state index contributed by atoms with van der Waals surface area (Å²) in [4.78, 5) is 5.99. The summed E-state index contributed by atoms with van der Waals surface area (Å²) in [5.41, 5.74) is 7.09. The minimum atomic E-state index is 0. The molecule has 2 aliphatic rings. The molecular formula is C10H13ClN2S. The molecule has 1 fully saturated rings. The molecule has 1 aliphatic carbocycles. The molecule has 0 aromatic carbocycles. The van der Waals surface area contributed by atoms with Crippen LogP contribution in [0.3, 0.4) is 0 Å². The van der Waals surface area contributed by atoms with Crippen LogP contribution < -0.4 is 5.73 Å². The zero-order valence-corrected chi connectivity index (χ0v) is 9.40. The Kier molecular flexibility index (Phi) is 2.54. The van der Waals surface area contributed by atoms with Gasteiger partial charge in [0.1, 0.15) is 5.84 Å². The number of hydrogen-bond acceptors (Lipinski definition) is 3. The van der Waals surface area contributed by atoms with Crippen molar-refractivity contribution in [2.24, 2.45) is 16.6 Å². The maximum absolute atomic E-state index is 5.90. The van der Waals surface area contributed by atoms with Crippen molar-refractivity contribution < 1.29 is 0 Å². The van der Waals surface area contributed by atoms with Gasteiger partial charge in [0.15, 0.2) is 0 Å². The van der Waals surface area contributed by atoms with Gasteiger partial charge in [-0.2, -0.15) is 0 Å². The zero-order valence-electron chi connectivity index (χ0n) is 7.77. The minimum absolute atomic E-state index is 0.